The van der Waals surface area contributed by atoms with Crippen molar-refractivity contribution in [2.24, 2.45) is 0 Å². The summed E-state index contributed by atoms with van der Waals surface area (Å²) >= 11 is 0. The van der Waals surface area contributed by atoms with Crippen molar-refractivity contribution in [2.75, 3.05) is 0 Å². The third-order valence-corrected chi connectivity index (χ3v) is 4.36. The predicted octanol–water partition coefficient (Wildman–Crippen LogP) is 4.07. The summed E-state index contributed by atoms with van der Waals surface area (Å²) in [5, 5.41) is 8.68. The maximum atomic E-state index is 4.72. The SMILES string of the molecule is c1cnc2ccc(-c3n[nH]c(C4CCCCC4)n3)cc2c1. The van der Waals surface area contributed by atoms with Gasteiger partial charge in [0.15, 0.2) is 5.82 Å². The Kier molecular flexibility index (Phi) is 3.14. The molecule has 4 rings (SSSR count). The third-order valence-electron chi connectivity index (χ3n) is 4.36. The number of nitrogens with one attached hydrogen (secondary N) is 1. The van der Waals surface area contributed by atoms with Crippen molar-refractivity contribution in [1.29, 1.82) is 0 Å². The highest BCUT2D eigenvalue weighted by Gasteiger charge is 2.19. The van der Waals surface area contributed by atoms with Crippen LogP contribution < -0.4 is 0 Å². The van der Waals surface area contributed by atoms with E-state index in [4.69, 9.17) is 4.98 Å². The number of aromatic amines is 1. The molecule has 4 heteroatoms. The van der Waals surface area contributed by atoms with Crippen LogP contribution in [0, 0.1) is 0 Å². The summed E-state index contributed by atoms with van der Waals surface area (Å²) in [6.45, 7) is 0. The van der Waals surface area contributed by atoms with E-state index in [-0.39, 0.29) is 0 Å². The summed E-state index contributed by atoms with van der Waals surface area (Å²) in [5.41, 5.74) is 2.05. The van der Waals surface area contributed by atoms with E-state index in [1.165, 1.54) is 32.1 Å². The van der Waals surface area contributed by atoms with Crippen LogP contribution in [0.2, 0.25) is 0 Å². The largest absolute Gasteiger partial charge is 0.262 e. The fourth-order valence-electron chi connectivity index (χ4n) is 3.18. The zero-order chi connectivity index (χ0) is 14.1. The zero-order valence-corrected chi connectivity index (χ0v) is 11.9. The number of aromatic nitrogens is 4. The highest BCUT2D eigenvalue weighted by molar-refractivity contribution is 5.82. The molecule has 4 nitrogen and oxygen atoms in total. The van der Waals surface area contributed by atoms with Gasteiger partial charge in [-0.2, -0.15) is 5.10 Å². The van der Waals surface area contributed by atoms with Crippen molar-refractivity contribution >= 4 is 10.9 Å². The lowest BCUT2D eigenvalue weighted by molar-refractivity contribution is 0.429. The van der Waals surface area contributed by atoms with Gasteiger partial charge < -0.3 is 0 Å². The van der Waals surface area contributed by atoms with Crippen LogP contribution in [-0.2, 0) is 0 Å². The number of fused-ring (bicyclic) bond motifs is 1. The average molecular weight is 278 g/mol. The molecule has 106 valence electrons. The molecule has 2 heterocycles. The molecule has 1 fully saturated rings. The molecule has 3 aromatic rings. The fourth-order valence-corrected chi connectivity index (χ4v) is 3.18. The Labute approximate surface area is 123 Å². The molecule has 0 atom stereocenters. The van der Waals surface area contributed by atoms with Crippen LogP contribution in [0.15, 0.2) is 36.5 Å². The number of benzene rings is 1. The Hall–Kier alpha value is -2.23. The fraction of sp³-hybridized carbons (Fsp3) is 0.353. The molecule has 1 aromatic carbocycles. The number of rotatable bonds is 2. The molecule has 1 aliphatic carbocycles. The molecule has 0 aliphatic heterocycles. The van der Waals surface area contributed by atoms with Crippen LogP contribution in [0.1, 0.15) is 43.8 Å². The van der Waals surface area contributed by atoms with Crippen LogP contribution in [0.25, 0.3) is 22.3 Å². The number of H-pyrrole nitrogens is 1. The molecule has 0 radical (unpaired) electrons. The molecule has 0 amide bonds. The zero-order valence-electron chi connectivity index (χ0n) is 11.9. The van der Waals surface area contributed by atoms with Crippen LogP contribution in [0.3, 0.4) is 0 Å². The first-order valence-corrected chi connectivity index (χ1v) is 7.67. The molecule has 1 N–H and O–H groups in total. The lowest BCUT2D eigenvalue weighted by atomic mass is 9.89. The molecule has 0 saturated heterocycles. The van der Waals surface area contributed by atoms with E-state index < -0.39 is 0 Å². The minimum Gasteiger partial charge on any atom is -0.262 e. The molecule has 0 spiro atoms. The van der Waals surface area contributed by atoms with Crippen LogP contribution in [0.5, 0.6) is 0 Å². The standard InChI is InChI=1S/C17H18N4/c1-2-5-12(6-3-1)16-19-17(21-20-16)14-8-9-15-13(11-14)7-4-10-18-15/h4,7-12H,1-3,5-6H2,(H,19,20,21). The monoisotopic (exact) mass is 278 g/mol. The first-order chi connectivity index (χ1) is 10.4. The predicted molar refractivity (Wildman–Crippen MR) is 82.9 cm³/mol. The quantitative estimate of drug-likeness (QED) is 0.768. The van der Waals surface area contributed by atoms with Crippen molar-refractivity contribution in [2.45, 2.75) is 38.0 Å². The van der Waals surface area contributed by atoms with Crippen molar-refractivity contribution < 1.29 is 0 Å². The summed E-state index contributed by atoms with van der Waals surface area (Å²) in [7, 11) is 0. The molecule has 2 aromatic heterocycles. The Balaban J connectivity index is 1.67. The topological polar surface area (TPSA) is 54.5 Å². The smallest absolute Gasteiger partial charge is 0.181 e. The number of pyridine rings is 1. The van der Waals surface area contributed by atoms with Gasteiger partial charge in [0, 0.05) is 23.1 Å². The summed E-state index contributed by atoms with van der Waals surface area (Å²) < 4.78 is 0. The summed E-state index contributed by atoms with van der Waals surface area (Å²) in [5.74, 6) is 2.40. The minimum absolute atomic E-state index is 0.558. The summed E-state index contributed by atoms with van der Waals surface area (Å²) in [6.07, 6.45) is 8.25. The molecule has 0 unspecified atom stereocenters. The van der Waals surface area contributed by atoms with Gasteiger partial charge in [0.25, 0.3) is 0 Å². The van der Waals surface area contributed by atoms with Gasteiger partial charge in [0.05, 0.1) is 5.52 Å². The lowest BCUT2D eigenvalue weighted by Gasteiger charge is -2.18. The normalized spacial score (nSPS) is 16.4. The van der Waals surface area contributed by atoms with Crippen LogP contribution in [-0.4, -0.2) is 20.2 Å². The van der Waals surface area contributed by atoms with E-state index in [2.05, 4.69) is 27.3 Å². The Morgan fingerprint density at radius 3 is 2.86 bits per heavy atom. The molecular formula is C17H18N4. The van der Waals surface area contributed by atoms with E-state index >= 15 is 0 Å². The van der Waals surface area contributed by atoms with E-state index in [0.717, 1.165) is 28.1 Å². The third kappa shape index (κ3) is 2.42. The van der Waals surface area contributed by atoms with Gasteiger partial charge in [-0.05, 0) is 37.1 Å². The van der Waals surface area contributed by atoms with E-state index in [1.54, 1.807) is 0 Å². The Morgan fingerprint density at radius 1 is 1.05 bits per heavy atom. The maximum absolute atomic E-state index is 4.72. The van der Waals surface area contributed by atoms with E-state index in [9.17, 15) is 0 Å². The van der Waals surface area contributed by atoms with Crippen molar-refractivity contribution in [3.8, 4) is 11.4 Å². The number of hydrogen-bond acceptors (Lipinski definition) is 3. The van der Waals surface area contributed by atoms with Gasteiger partial charge in [-0.15, -0.1) is 0 Å². The number of nitrogens with zero attached hydrogens (tertiary/aromatic N) is 3. The van der Waals surface area contributed by atoms with Crippen molar-refractivity contribution in [1.82, 2.24) is 20.2 Å². The summed E-state index contributed by atoms with van der Waals surface area (Å²) in [4.78, 5) is 9.07. The lowest BCUT2D eigenvalue weighted by Crippen LogP contribution is -2.06. The molecule has 1 saturated carbocycles. The second-order valence-electron chi connectivity index (χ2n) is 5.79. The first-order valence-electron chi connectivity index (χ1n) is 7.67. The van der Waals surface area contributed by atoms with Crippen molar-refractivity contribution in [3.05, 3.63) is 42.4 Å². The van der Waals surface area contributed by atoms with Crippen molar-refractivity contribution in [3.63, 3.8) is 0 Å². The minimum atomic E-state index is 0.558. The molecule has 21 heavy (non-hydrogen) atoms. The van der Waals surface area contributed by atoms with Gasteiger partial charge in [0.1, 0.15) is 5.82 Å². The highest BCUT2D eigenvalue weighted by Crippen LogP contribution is 2.31. The molecular weight excluding hydrogens is 260 g/mol. The highest BCUT2D eigenvalue weighted by atomic mass is 15.2. The second kappa shape index (κ2) is 5.28. The second-order valence-corrected chi connectivity index (χ2v) is 5.79. The van der Waals surface area contributed by atoms with E-state index in [0.29, 0.717) is 5.92 Å². The van der Waals surface area contributed by atoms with Crippen LogP contribution >= 0.6 is 0 Å². The molecule has 0 bridgehead atoms. The Bertz CT molecular complexity index is 756. The summed E-state index contributed by atoms with van der Waals surface area (Å²) in [6, 6.07) is 10.2. The Morgan fingerprint density at radius 2 is 1.95 bits per heavy atom. The molecule has 1 aliphatic rings. The van der Waals surface area contributed by atoms with Gasteiger partial charge in [-0.25, -0.2) is 4.98 Å². The van der Waals surface area contributed by atoms with E-state index in [1.807, 2.05) is 24.4 Å². The first kappa shape index (κ1) is 12.5. The maximum Gasteiger partial charge on any atom is 0.181 e. The van der Waals surface area contributed by atoms with Gasteiger partial charge in [0.2, 0.25) is 0 Å². The van der Waals surface area contributed by atoms with Gasteiger partial charge >= 0.3 is 0 Å². The number of hydrogen-bond donors (Lipinski definition) is 1. The average Bonchev–Trinajstić information content (AvgIpc) is 3.05. The van der Waals surface area contributed by atoms with Crippen LogP contribution in [0.4, 0.5) is 0 Å². The van der Waals surface area contributed by atoms with Gasteiger partial charge in [-0.1, -0.05) is 25.3 Å². The van der Waals surface area contributed by atoms with Gasteiger partial charge in [-0.3, -0.25) is 10.1 Å².